The predicted octanol–water partition coefficient (Wildman–Crippen LogP) is 2.82. The van der Waals surface area contributed by atoms with Crippen molar-refractivity contribution in [2.24, 2.45) is 0 Å². The molecule has 0 radical (unpaired) electrons. The van der Waals surface area contributed by atoms with Crippen molar-refractivity contribution in [2.45, 2.75) is 6.92 Å². The normalized spacial score (nSPS) is 10.2. The average Bonchev–Trinajstić information content (AvgIpc) is 2.53. The molecule has 0 aliphatic heterocycles. The Morgan fingerprint density at radius 3 is 2.46 bits per heavy atom. The third kappa shape index (κ3) is 1.70. The Balaban J connectivity index is 2.41. The number of aryl methyl sites for hydroxylation is 1. The van der Waals surface area contributed by atoms with Crippen LogP contribution in [0.4, 0.5) is 0 Å². The van der Waals surface area contributed by atoms with Crippen LogP contribution >= 0.6 is 11.5 Å². The van der Waals surface area contributed by atoms with Crippen LogP contribution in [0.25, 0.3) is 10.4 Å². The largest absolute Gasteiger partial charge is 0.508 e. The van der Waals surface area contributed by atoms with E-state index < -0.39 is 0 Å². The molecule has 66 valence electrons. The van der Waals surface area contributed by atoms with Crippen LogP contribution in [0, 0.1) is 6.92 Å². The fourth-order valence-electron chi connectivity index (χ4n) is 1.13. The Kier molecular flexibility index (Phi) is 2.02. The smallest absolute Gasteiger partial charge is 0.115 e. The quantitative estimate of drug-likeness (QED) is 0.751. The number of aromatic nitrogens is 1. The van der Waals surface area contributed by atoms with Gasteiger partial charge in [0.2, 0.25) is 0 Å². The Morgan fingerprint density at radius 2 is 1.92 bits per heavy atom. The molecule has 0 unspecified atom stereocenters. The molecule has 0 atom stereocenters. The minimum atomic E-state index is 0.296. The van der Waals surface area contributed by atoms with Crippen molar-refractivity contribution in [2.75, 3.05) is 0 Å². The second kappa shape index (κ2) is 3.18. The first-order valence-corrected chi connectivity index (χ1v) is 4.76. The first kappa shape index (κ1) is 8.26. The highest BCUT2D eigenvalue weighted by atomic mass is 32.1. The van der Waals surface area contributed by atoms with Gasteiger partial charge in [0.05, 0.1) is 10.6 Å². The lowest BCUT2D eigenvalue weighted by molar-refractivity contribution is 0.475. The van der Waals surface area contributed by atoms with Gasteiger partial charge in [-0.2, -0.15) is 4.37 Å². The van der Waals surface area contributed by atoms with E-state index in [9.17, 15) is 0 Å². The second-order valence-corrected chi connectivity index (χ2v) is 3.68. The molecular weight excluding hydrogens is 182 g/mol. The average molecular weight is 191 g/mol. The molecule has 1 N–H and O–H groups in total. The van der Waals surface area contributed by atoms with Gasteiger partial charge in [0, 0.05) is 0 Å². The minimum absolute atomic E-state index is 0.296. The first-order chi connectivity index (χ1) is 6.25. The van der Waals surface area contributed by atoms with Crippen LogP contribution in [-0.4, -0.2) is 9.48 Å². The third-order valence-electron chi connectivity index (χ3n) is 1.78. The molecule has 2 nitrogen and oxygen atoms in total. The van der Waals surface area contributed by atoms with Crippen molar-refractivity contribution in [3.05, 3.63) is 36.0 Å². The van der Waals surface area contributed by atoms with Crippen molar-refractivity contribution in [3.63, 3.8) is 0 Å². The molecule has 2 aromatic rings. The van der Waals surface area contributed by atoms with Crippen LogP contribution < -0.4 is 0 Å². The lowest BCUT2D eigenvalue weighted by Gasteiger charge is -1.95. The number of benzene rings is 1. The summed E-state index contributed by atoms with van der Waals surface area (Å²) in [5.74, 6) is 0.296. The summed E-state index contributed by atoms with van der Waals surface area (Å²) in [5.41, 5.74) is 2.14. The number of nitrogens with zero attached hydrogens (tertiary/aromatic N) is 1. The van der Waals surface area contributed by atoms with Crippen molar-refractivity contribution < 1.29 is 5.11 Å². The molecule has 0 aliphatic carbocycles. The standard InChI is InChI=1S/C10H9NOS/c1-7-6-10(13-11-7)8-2-4-9(12)5-3-8/h2-6,12H,1H3. The summed E-state index contributed by atoms with van der Waals surface area (Å²) < 4.78 is 4.19. The van der Waals surface area contributed by atoms with Crippen LogP contribution in [0.2, 0.25) is 0 Å². The van der Waals surface area contributed by atoms with E-state index in [1.165, 1.54) is 11.5 Å². The summed E-state index contributed by atoms with van der Waals surface area (Å²) in [6, 6.07) is 9.19. The van der Waals surface area contributed by atoms with Gasteiger partial charge in [-0.15, -0.1) is 0 Å². The fraction of sp³-hybridized carbons (Fsp3) is 0.100. The molecule has 1 aromatic heterocycles. The summed E-state index contributed by atoms with van der Waals surface area (Å²) in [6.07, 6.45) is 0. The highest BCUT2D eigenvalue weighted by molar-refractivity contribution is 7.09. The van der Waals surface area contributed by atoms with E-state index in [-0.39, 0.29) is 0 Å². The maximum atomic E-state index is 9.10. The highest BCUT2D eigenvalue weighted by Crippen LogP contribution is 2.25. The molecular formula is C10H9NOS. The Morgan fingerprint density at radius 1 is 1.23 bits per heavy atom. The zero-order chi connectivity index (χ0) is 9.26. The summed E-state index contributed by atoms with van der Waals surface area (Å²) in [6.45, 7) is 1.97. The van der Waals surface area contributed by atoms with Crippen LogP contribution in [-0.2, 0) is 0 Å². The molecule has 13 heavy (non-hydrogen) atoms. The monoisotopic (exact) mass is 191 g/mol. The zero-order valence-electron chi connectivity index (χ0n) is 7.19. The fourth-order valence-corrected chi connectivity index (χ4v) is 1.89. The van der Waals surface area contributed by atoms with E-state index >= 15 is 0 Å². The van der Waals surface area contributed by atoms with E-state index in [1.54, 1.807) is 12.1 Å². The van der Waals surface area contributed by atoms with Gasteiger partial charge in [-0.25, -0.2) is 0 Å². The van der Waals surface area contributed by atoms with Gasteiger partial charge in [0.25, 0.3) is 0 Å². The Labute approximate surface area is 80.6 Å². The summed E-state index contributed by atoms with van der Waals surface area (Å²) in [5, 5.41) is 9.10. The van der Waals surface area contributed by atoms with Crippen LogP contribution in [0.1, 0.15) is 5.69 Å². The summed E-state index contributed by atoms with van der Waals surface area (Å²) in [4.78, 5) is 1.14. The van der Waals surface area contributed by atoms with Gasteiger partial charge in [-0.3, -0.25) is 0 Å². The van der Waals surface area contributed by atoms with E-state index in [0.29, 0.717) is 5.75 Å². The third-order valence-corrected chi connectivity index (χ3v) is 2.71. The van der Waals surface area contributed by atoms with Crippen molar-refractivity contribution in [1.82, 2.24) is 4.37 Å². The topological polar surface area (TPSA) is 33.1 Å². The molecule has 0 bridgehead atoms. The van der Waals surface area contributed by atoms with Crippen LogP contribution in [0.3, 0.4) is 0 Å². The maximum Gasteiger partial charge on any atom is 0.115 e. The zero-order valence-corrected chi connectivity index (χ0v) is 8.01. The number of phenolic OH excluding ortho intramolecular Hbond substituents is 1. The Bertz CT molecular complexity index is 405. The SMILES string of the molecule is Cc1cc(-c2ccc(O)cc2)sn1. The van der Waals surface area contributed by atoms with Crippen molar-refractivity contribution in [3.8, 4) is 16.2 Å². The number of hydrogen-bond donors (Lipinski definition) is 1. The van der Waals surface area contributed by atoms with Crippen molar-refractivity contribution >= 4 is 11.5 Å². The summed E-state index contributed by atoms with van der Waals surface area (Å²) >= 11 is 1.48. The van der Waals surface area contributed by atoms with Gasteiger partial charge >= 0.3 is 0 Å². The highest BCUT2D eigenvalue weighted by Gasteiger charge is 2.00. The second-order valence-electron chi connectivity index (χ2n) is 2.88. The molecule has 0 aliphatic rings. The molecule has 0 saturated heterocycles. The number of aromatic hydroxyl groups is 1. The molecule has 1 heterocycles. The van der Waals surface area contributed by atoms with Crippen LogP contribution in [0.15, 0.2) is 30.3 Å². The van der Waals surface area contributed by atoms with E-state index in [1.807, 2.05) is 25.1 Å². The first-order valence-electron chi connectivity index (χ1n) is 3.98. The molecule has 2 rings (SSSR count). The number of phenols is 1. The summed E-state index contributed by atoms with van der Waals surface area (Å²) in [7, 11) is 0. The van der Waals surface area contributed by atoms with E-state index in [2.05, 4.69) is 4.37 Å². The molecule has 0 spiro atoms. The Hall–Kier alpha value is -1.35. The van der Waals surface area contributed by atoms with E-state index in [4.69, 9.17) is 5.11 Å². The molecule has 0 saturated carbocycles. The minimum Gasteiger partial charge on any atom is -0.508 e. The van der Waals surface area contributed by atoms with E-state index in [0.717, 1.165) is 16.1 Å². The number of rotatable bonds is 1. The maximum absolute atomic E-state index is 9.10. The van der Waals surface area contributed by atoms with Gasteiger partial charge in [0.15, 0.2) is 0 Å². The van der Waals surface area contributed by atoms with Gasteiger partial charge in [-0.05, 0) is 54.4 Å². The lowest BCUT2D eigenvalue weighted by atomic mass is 10.2. The lowest BCUT2D eigenvalue weighted by Crippen LogP contribution is -1.70. The molecule has 0 fully saturated rings. The van der Waals surface area contributed by atoms with Crippen LogP contribution in [0.5, 0.6) is 5.75 Å². The predicted molar refractivity (Wildman–Crippen MR) is 54.0 cm³/mol. The molecule has 3 heteroatoms. The van der Waals surface area contributed by atoms with Crippen molar-refractivity contribution in [1.29, 1.82) is 0 Å². The van der Waals surface area contributed by atoms with Gasteiger partial charge in [-0.1, -0.05) is 0 Å². The van der Waals surface area contributed by atoms with Gasteiger partial charge < -0.3 is 5.11 Å². The molecule has 1 aromatic carbocycles. The number of hydrogen-bond acceptors (Lipinski definition) is 3. The molecule has 0 amide bonds. The van der Waals surface area contributed by atoms with Gasteiger partial charge in [0.1, 0.15) is 5.75 Å².